The molecule has 23 heavy (non-hydrogen) atoms. The number of carbonyl (C=O) groups excluding carboxylic acids is 1. The first-order valence-corrected chi connectivity index (χ1v) is 7.54. The number of carbonyl (C=O) groups is 1. The van der Waals surface area contributed by atoms with Crippen molar-refractivity contribution in [3.8, 4) is 0 Å². The van der Waals surface area contributed by atoms with Gasteiger partial charge in [-0.05, 0) is 18.1 Å². The number of para-hydroxylation sites is 1. The van der Waals surface area contributed by atoms with E-state index >= 15 is 0 Å². The number of nitrogens with zero attached hydrogens (tertiary/aromatic N) is 1. The molecule has 132 valence electrons. The van der Waals surface area contributed by atoms with E-state index in [4.69, 9.17) is 10.5 Å². The Morgan fingerprint density at radius 3 is 2.43 bits per heavy atom. The van der Waals surface area contributed by atoms with Gasteiger partial charge >= 0.3 is 0 Å². The smallest absolute Gasteiger partial charge is 0.253 e. The summed E-state index contributed by atoms with van der Waals surface area (Å²) in [5.41, 5.74) is 6.90. The van der Waals surface area contributed by atoms with Gasteiger partial charge in [-0.1, -0.05) is 26.0 Å². The summed E-state index contributed by atoms with van der Waals surface area (Å²) in [5.74, 6) is 0.364. The molecule has 5 nitrogen and oxygen atoms in total. The number of nitrogens with one attached hydrogen (secondary N) is 1. The first kappa shape index (κ1) is 22.0. The van der Waals surface area contributed by atoms with Gasteiger partial charge in [0.1, 0.15) is 0 Å². The van der Waals surface area contributed by atoms with E-state index in [1.807, 2.05) is 12.1 Å². The number of hydrogen-bond donors (Lipinski definition) is 2. The van der Waals surface area contributed by atoms with E-state index in [0.717, 1.165) is 26.3 Å². The van der Waals surface area contributed by atoms with Crippen LogP contribution >= 0.6 is 24.8 Å². The van der Waals surface area contributed by atoms with Gasteiger partial charge in [0.15, 0.2) is 0 Å². The molecule has 0 saturated carbocycles. The molecule has 1 aromatic rings. The second-order valence-corrected chi connectivity index (χ2v) is 5.76. The number of rotatable bonds is 5. The van der Waals surface area contributed by atoms with Crippen LogP contribution in [0.4, 0.5) is 5.69 Å². The second-order valence-electron chi connectivity index (χ2n) is 5.76. The topological polar surface area (TPSA) is 67.6 Å². The van der Waals surface area contributed by atoms with Crippen molar-refractivity contribution in [3.63, 3.8) is 0 Å². The molecule has 1 aromatic carbocycles. The summed E-state index contributed by atoms with van der Waals surface area (Å²) in [6.07, 6.45) is 0. The maximum atomic E-state index is 12.2. The van der Waals surface area contributed by atoms with E-state index in [-0.39, 0.29) is 30.7 Å². The predicted octanol–water partition coefficient (Wildman–Crippen LogP) is 2.20. The van der Waals surface area contributed by atoms with Gasteiger partial charge in [-0.2, -0.15) is 0 Å². The summed E-state index contributed by atoms with van der Waals surface area (Å²) in [6, 6.07) is 7.48. The Morgan fingerprint density at radius 2 is 1.87 bits per heavy atom. The Hall–Kier alpha value is -1.01. The van der Waals surface area contributed by atoms with E-state index in [2.05, 4.69) is 24.1 Å². The number of nitrogens with two attached hydrogens (primary N) is 1. The molecule has 0 aliphatic carbocycles. The summed E-state index contributed by atoms with van der Waals surface area (Å²) >= 11 is 0. The molecule has 1 atom stereocenters. The Labute approximate surface area is 150 Å². The molecule has 1 heterocycles. The zero-order valence-electron chi connectivity index (χ0n) is 13.7. The monoisotopic (exact) mass is 363 g/mol. The molecule has 0 bridgehead atoms. The minimum atomic E-state index is -0.105. The molecule has 1 unspecified atom stereocenters. The maximum Gasteiger partial charge on any atom is 0.253 e. The van der Waals surface area contributed by atoms with Crippen LogP contribution in [0.1, 0.15) is 24.2 Å². The average molecular weight is 364 g/mol. The van der Waals surface area contributed by atoms with Crippen molar-refractivity contribution < 1.29 is 9.53 Å². The van der Waals surface area contributed by atoms with E-state index < -0.39 is 0 Å². The predicted molar refractivity (Wildman–Crippen MR) is 98.7 cm³/mol. The van der Waals surface area contributed by atoms with Crippen LogP contribution in [0, 0.1) is 5.92 Å². The number of benzene rings is 1. The first-order chi connectivity index (χ1) is 10.1. The zero-order chi connectivity index (χ0) is 15.2. The fraction of sp³-hybridized carbons (Fsp3) is 0.562. The third-order valence-corrected chi connectivity index (χ3v) is 3.96. The molecule has 0 aromatic heterocycles. The Balaban J connectivity index is 0.00000242. The van der Waals surface area contributed by atoms with Crippen LogP contribution in [-0.4, -0.2) is 49.7 Å². The summed E-state index contributed by atoms with van der Waals surface area (Å²) in [5, 5.41) is 3.02. The molecule has 1 aliphatic rings. The Morgan fingerprint density at radius 1 is 1.26 bits per heavy atom. The third-order valence-electron chi connectivity index (χ3n) is 3.96. The van der Waals surface area contributed by atoms with Crippen LogP contribution < -0.4 is 11.1 Å². The van der Waals surface area contributed by atoms with Crippen LogP contribution in [0.2, 0.25) is 0 Å². The maximum absolute atomic E-state index is 12.2. The lowest BCUT2D eigenvalue weighted by Crippen LogP contribution is -2.51. The van der Waals surface area contributed by atoms with Gasteiger partial charge in [-0.15, -0.1) is 24.8 Å². The minimum Gasteiger partial charge on any atom is -0.398 e. The second kappa shape index (κ2) is 10.7. The molecule has 3 N–H and O–H groups in total. The van der Waals surface area contributed by atoms with Crippen molar-refractivity contribution in [2.75, 3.05) is 38.6 Å². The van der Waals surface area contributed by atoms with Crippen LogP contribution in [-0.2, 0) is 4.74 Å². The molecule has 2 rings (SSSR count). The van der Waals surface area contributed by atoms with E-state index in [1.54, 1.807) is 12.1 Å². The average Bonchev–Trinajstić information content (AvgIpc) is 2.48. The van der Waals surface area contributed by atoms with Crippen molar-refractivity contribution in [2.24, 2.45) is 5.92 Å². The highest BCUT2D eigenvalue weighted by Crippen LogP contribution is 2.14. The number of nitrogen functional groups attached to an aromatic ring is 1. The summed E-state index contributed by atoms with van der Waals surface area (Å²) < 4.78 is 5.39. The van der Waals surface area contributed by atoms with Crippen molar-refractivity contribution in [1.82, 2.24) is 10.2 Å². The molecular formula is C16H27Cl2N3O2. The largest absolute Gasteiger partial charge is 0.398 e. The number of morpholine rings is 1. The van der Waals surface area contributed by atoms with Crippen molar-refractivity contribution in [3.05, 3.63) is 29.8 Å². The Kier molecular flexibility index (Phi) is 10.2. The zero-order valence-corrected chi connectivity index (χ0v) is 15.3. The van der Waals surface area contributed by atoms with Crippen LogP contribution in [0.3, 0.4) is 0 Å². The normalized spacial score (nSPS) is 16.1. The van der Waals surface area contributed by atoms with E-state index in [9.17, 15) is 4.79 Å². The van der Waals surface area contributed by atoms with E-state index in [1.165, 1.54) is 0 Å². The molecule has 1 aliphatic heterocycles. The molecule has 0 spiro atoms. The summed E-state index contributed by atoms with van der Waals surface area (Å²) in [4.78, 5) is 14.6. The van der Waals surface area contributed by atoms with Crippen molar-refractivity contribution >= 4 is 36.4 Å². The molecule has 7 heteroatoms. The number of ether oxygens (including phenoxy) is 1. The number of halogens is 2. The molecule has 1 amide bonds. The van der Waals surface area contributed by atoms with Crippen molar-refractivity contribution in [1.29, 1.82) is 0 Å². The standard InChI is InChI=1S/C16H25N3O2.2ClH/c1-12(2)15(19-7-9-21-10-8-19)11-18-16(20)13-5-3-4-6-14(13)17;;/h3-6,12,15H,7-11,17H2,1-2H3,(H,18,20);2*1H. The SMILES string of the molecule is CC(C)C(CNC(=O)c1ccccc1N)N1CCOCC1.Cl.Cl. The van der Waals surface area contributed by atoms with Crippen LogP contribution in [0.25, 0.3) is 0 Å². The lowest BCUT2D eigenvalue weighted by atomic mass is 10.0. The van der Waals surface area contributed by atoms with Gasteiger partial charge in [0.2, 0.25) is 0 Å². The number of hydrogen-bond acceptors (Lipinski definition) is 4. The quantitative estimate of drug-likeness (QED) is 0.786. The van der Waals surface area contributed by atoms with E-state index in [0.29, 0.717) is 29.8 Å². The lowest BCUT2D eigenvalue weighted by molar-refractivity contribution is 0.00673. The van der Waals surface area contributed by atoms with Gasteiger partial charge in [-0.25, -0.2) is 0 Å². The fourth-order valence-corrected chi connectivity index (χ4v) is 2.69. The summed E-state index contributed by atoms with van der Waals surface area (Å²) in [6.45, 7) is 8.38. The summed E-state index contributed by atoms with van der Waals surface area (Å²) in [7, 11) is 0. The van der Waals surface area contributed by atoms with Gasteiger partial charge in [-0.3, -0.25) is 9.69 Å². The molecule has 1 saturated heterocycles. The van der Waals surface area contributed by atoms with Crippen molar-refractivity contribution in [2.45, 2.75) is 19.9 Å². The van der Waals surface area contributed by atoms with Crippen LogP contribution in [0.5, 0.6) is 0 Å². The van der Waals surface area contributed by atoms with Gasteiger partial charge in [0.05, 0.1) is 18.8 Å². The van der Waals surface area contributed by atoms with Gasteiger partial charge in [0, 0.05) is 31.4 Å². The number of anilines is 1. The highest BCUT2D eigenvalue weighted by molar-refractivity contribution is 5.99. The first-order valence-electron chi connectivity index (χ1n) is 7.54. The highest BCUT2D eigenvalue weighted by Gasteiger charge is 2.24. The molecule has 1 fully saturated rings. The van der Waals surface area contributed by atoms with Gasteiger partial charge < -0.3 is 15.8 Å². The van der Waals surface area contributed by atoms with Gasteiger partial charge in [0.25, 0.3) is 5.91 Å². The number of amides is 1. The highest BCUT2D eigenvalue weighted by atomic mass is 35.5. The minimum absolute atomic E-state index is 0. The third kappa shape index (κ3) is 6.18. The fourth-order valence-electron chi connectivity index (χ4n) is 2.69. The van der Waals surface area contributed by atoms with Crippen LogP contribution in [0.15, 0.2) is 24.3 Å². The molecule has 0 radical (unpaired) electrons. The lowest BCUT2D eigenvalue weighted by Gasteiger charge is -2.36. The Bertz CT molecular complexity index is 480. The molecular weight excluding hydrogens is 337 g/mol.